The van der Waals surface area contributed by atoms with Crippen molar-refractivity contribution in [3.8, 4) is 0 Å². The van der Waals surface area contributed by atoms with Gasteiger partial charge in [-0.25, -0.2) is 0 Å². The quantitative estimate of drug-likeness (QED) is 0.724. The Balaban J connectivity index is 1.67. The highest BCUT2D eigenvalue weighted by atomic mass is 16.3. The molecule has 5 fully saturated rings. The maximum atomic E-state index is 10.6. The second-order valence-electron chi connectivity index (χ2n) is 10.5. The predicted molar refractivity (Wildman–Crippen MR) is 94.3 cm³/mol. The van der Waals surface area contributed by atoms with Crippen LogP contribution in [0.2, 0.25) is 0 Å². The van der Waals surface area contributed by atoms with Gasteiger partial charge in [0.15, 0.2) is 0 Å². The molecule has 3 N–H and O–H groups in total. The maximum absolute atomic E-state index is 10.6. The van der Waals surface area contributed by atoms with E-state index < -0.39 is 6.10 Å². The molecular weight excluding hydrogens is 300 g/mol. The van der Waals surface area contributed by atoms with Gasteiger partial charge in [0.05, 0.1) is 18.8 Å². The molecule has 0 heterocycles. The first-order valence-electron chi connectivity index (χ1n) is 10.2. The Morgan fingerprint density at radius 3 is 2.42 bits per heavy atom. The van der Waals surface area contributed by atoms with E-state index >= 15 is 0 Å². The summed E-state index contributed by atoms with van der Waals surface area (Å²) in [6.07, 6.45) is 8.83. The lowest BCUT2D eigenvalue weighted by molar-refractivity contribution is -0.222. The van der Waals surface area contributed by atoms with Gasteiger partial charge in [-0.1, -0.05) is 20.8 Å². The fourth-order valence-electron chi connectivity index (χ4n) is 8.17. The van der Waals surface area contributed by atoms with E-state index in [2.05, 4.69) is 20.8 Å². The van der Waals surface area contributed by atoms with E-state index in [0.717, 1.165) is 25.2 Å². The van der Waals surface area contributed by atoms with E-state index in [-0.39, 0.29) is 18.1 Å². The highest BCUT2D eigenvalue weighted by Crippen LogP contribution is 2.72. The first-order chi connectivity index (χ1) is 11.2. The Labute approximate surface area is 146 Å². The van der Waals surface area contributed by atoms with Gasteiger partial charge < -0.3 is 15.3 Å². The van der Waals surface area contributed by atoms with Crippen LogP contribution in [0.15, 0.2) is 0 Å². The smallest absolute Gasteiger partial charge is 0.0801 e. The van der Waals surface area contributed by atoms with Crippen LogP contribution in [0, 0.1) is 39.9 Å². The topological polar surface area (TPSA) is 60.7 Å². The Bertz CT molecular complexity index is 503. The first-order valence-corrected chi connectivity index (χ1v) is 10.2. The zero-order valence-corrected chi connectivity index (χ0v) is 15.7. The van der Waals surface area contributed by atoms with Crippen LogP contribution in [0.25, 0.3) is 0 Å². The van der Waals surface area contributed by atoms with Crippen LogP contribution in [-0.2, 0) is 0 Å². The van der Waals surface area contributed by atoms with Crippen molar-refractivity contribution in [2.24, 2.45) is 39.9 Å². The molecule has 1 spiro atoms. The van der Waals surface area contributed by atoms with Crippen LogP contribution in [0.1, 0.15) is 72.1 Å². The monoisotopic (exact) mass is 336 g/mol. The van der Waals surface area contributed by atoms with Crippen LogP contribution in [0.3, 0.4) is 0 Å². The molecular formula is C21H36O3. The molecule has 5 rings (SSSR count). The van der Waals surface area contributed by atoms with Gasteiger partial charge >= 0.3 is 0 Å². The summed E-state index contributed by atoms with van der Waals surface area (Å²) in [5, 5.41) is 30.4. The average Bonchev–Trinajstić information content (AvgIpc) is 2.57. The van der Waals surface area contributed by atoms with E-state index in [9.17, 15) is 15.3 Å². The van der Waals surface area contributed by atoms with Crippen molar-refractivity contribution in [3.63, 3.8) is 0 Å². The number of aliphatic hydroxyl groups excluding tert-OH is 3. The molecule has 1 unspecified atom stereocenters. The van der Waals surface area contributed by atoms with Crippen LogP contribution in [-0.4, -0.2) is 34.1 Å². The molecule has 5 aliphatic rings. The second-order valence-corrected chi connectivity index (χ2v) is 10.5. The van der Waals surface area contributed by atoms with Crippen molar-refractivity contribution in [1.82, 2.24) is 0 Å². The number of rotatable bonds is 2. The lowest BCUT2D eigenvalue weighted by Crippen LogP contribution is -2.63. The molecule has 138 valence electrons. The van der Waals surface area contributed by atoms with E-state index in [0.29, 0.717) is 28.6 Å². The molecule has 0 saturated heterocycles. The van der Waals surface area contributed by atoms with E-state index in [1.165, 1.54) is 32.1 Å². The summed E-state index contributed by atoms with van der Waals surface area (Å²) >= 11 is 0. The maximum Gasteiger partial charge on any atom is 0.0801 e. The van der Waals surface area contributed by atoms with Gasteiger partial charge in [-0.2, -0.15) is 0 Å². The highest BCUT2D eigenvalue weighted by molar-refractivity contribution is 5.14. The molecule has 5 saturated carbocycles. The molecule has 3 heteroatoms. The molecule has 5 aliphatic carbocycles. The predicted octanol–water partition coefficient (Wildman–Crippen LogP) is 3.36. The molecule has 3 nitrogen and oxygen atoms in total. The number of fused-ring (bicyclic) bond motifs is 3. The van der Waals surface area contributed by atoms with E-state index in [4.69, 9.17) is 0 Å². The van der Waals surface area contributed by atoms with Crippen LogP contribution >= 0.6 is 0 Å². The zero-order chi connectivity index (χ0) is 17.3. The Morgan fingerprint density at radius 2 is 1.71 bits per heavy atom. The molecule has 0 aliphatic heterocycles. The van der Waals surface area contributed by atoms with Crippen LogP contribution in [0.5, 0.6) is 0 Å². The normalized spacial score (nSPS) is 54.0. The molecule has 2 bridgehead atoms. The summed E-state index contributed by atoms with van der Waals surface area (Å²) in [5.74, 6) is 2.26. The number of hydrogen-bond acceptors (Lipinski definition) is 3. The van der Waals surface area contributed by atoms with E-state index in [1.807, 2.05) is 0 Å². The van der Waals surface area contributed by atoms with Crippen molar-refractivity contribution < 1.29 is 15.3 Å². The largest absolute Gasteiger partial charge is 0.394 e. The van der Waals surface area contributed by atoms with Gasteiger partial charge in [-0.3, -0.25) is 0 Å². The van der Waals surface area contributed by atoms with Crippen molar-refractivity contribution in [1.29, 1.82) is 0 Å². The summed E-state index contributed by atoms with van der Waals surface area (Å²) in [6, 6.07) is 0. The molecule has 0 aromatic carbocycles. The second kappa shape index (κ2) is 5.44. The Morgan fingerprint density at radius 1 is 1.00 bits per heavy atom. The van der Waals surface area contributed by atoms with Crippen molar-refractivity contribution in [3.05, 3.63) is 0 Å². The summed E-state index contributed by atoms with van der Waals surface area (Å²) in [4.78, 5) is 0. The Kier molecular flexibility index (Phi) is 3.92. The molecule has 8 atom stereocenters. The fourth-order valence-corrected chi connectivity index (χ4v) is 8.17. The minimum atomic E-state index is -0.525. The molecule has 0 aromatic heterocycles. The van der Waals surface area contributed by atoms with Gasteiger partial charge in [-0.15, -0.1) is 0 Å². The van der Waals surface area contributed by atoms with Gasteiger partial charge in [0.25, 0.3) is 0 Å². The summed E-state index contributed by atoms with van der Waals surface area (Å²) in [6.45, 7) is 7.02. The van der Waals surface area contributed by atoms with Gasteiger partial charge in [0, 0.05) is 0 Å². The summed E-state index contributed by atoms with van der Waals surface area (Å²) in [7, 11) is 0. The number of hydrogen-bond donors (Lipinski definition) is 3. The lowest BCUT2D eigenvalue weighted by Gasteiger charge is -2.69. The van der Waals surface area contributed by atoms with Gasteiger partial charge in [-0.05, 0) is 91.3 Å². The third kappa shape index (κ3) is 2.13. The highest BCUT2D eigenvalue weighted by Gasteiger charge is 2.65. The van der Waals surface area contributed by atoms with Crippen molar-refractivity contribution >= 4 is 0 Å². The minimum Gasteiger partial charge on any atom is -0.394 e. The molecule has 0 aromatic rings. The average molecular weight is 337 g/mol. The fraction of sp³-hybridized carbons (Fsp3) is 1.00. The molecule has 0 amide bonds. The van der Waals surface area contributed by atoms with Crippen molar-refractivity contribution in [2.45, 2.75) is 84.3 Å². The summed E-state index contributed by atoms with van der Waals surface area (Å²) < 4.78 is 0. The zero-order valence-electron chi connectivity index (χ0n) is 15.7. The molecule has 24 heavy (non-hydrogen) atoms. The van der Waals surface area contributed by atoms with Gasteiger partial charge in [0.1, 0.15) is 0 Å². The lowest BCUT2D eigenvalue weighted by atomic mass is 9.36. The third-order valence-corrected chi connectivity index (χ3v) is 9.46. The number of aliphatic hydroxyl groups is 3. The molecule has 0 radical (unpaired) electrons. The minimum absolute atomic E-state index is 0.0231. The third-order valence-electron chi connectivity index (χ3n) is 9.46. The first kappa shape index (κ1) is 17.3. The van der Waals surface area contributed by atoms with E-state index in [1.54, 1.807) is 0 Å². The van der Waals surface area contributed by atoms with Crippen molar-refractivity contribution in [2.75, 3.05) is 6.61 Å². The van der Waals surface area contributed by atoms with Gasteiger partial charge in [0.2, 0.25) is 0 Å². The van der Waals surface area contributed by atoms with Crippen LogP contribution < -0.4 is 0 Å². The summed E-state index contributed by atoms with van der Waals surface area (Å²) in [5.41, 5.74) is 0.753. The Hall–Kier alpha value is -0.120. The SMILES string of the molecule is CC1(C)[C@H]2CC[C@@]34CC[C@@H](C[C@H]3[C@]2(C)CC[C@@H]1O)C([C@@H](O)CO)C4. The standard InChI is InChI=1S/C21H36O3/c1-19(2)16-5-9-21-8-4-13(14(11-21)15(23)12-22)10-17(21)20(16,3)7-6-18(19)24/h13-18,22-24H,4-12H2,1-3H3/t13-,14?,15-,16+,17-,18-,20+,21+/m0/s1. The van der Waals surface area contributed by atoms with Crippen LogP contribution in [0.4, 0.5) is 0 Å².